The SMILES string of the molecule is O=C(O)Cn1cc(COc2ccc(Br)nc2)nn1. The Hall–Kier alpha value is -1.96. The first-order valence-corrected chi connectivity index (χ1v) is 5.78. The lowest BCUT2D eigenvalue weighted by atomic mass is 10.4. The summed E-state index contributed by atoms with van der Waals surface area (Å²) in [5, 5.41) is 16.0. The Balaban J connectivity index is 1.92. The molecule has 2 aromatic heterocycles. The van der Waals surface area contributed by atoms with Gasteiger partial charge < -0.3 is 9.84 Å². The highest BCUT2D eigenvalue weighted by Gasteiger charge is 2.05. The summed E-state index contributed by atoms with van der Waals surface area (Å²) >= 11 is 3.22. The molecule has 0 amide bonds. The maximum Gasteiger partial charge on any atom is 0.325 e. The Morgan fingerprint density at radius 3 is 3.00 bits per heavy atom. The lowest BCUT2D eigenvalue weighted by molar-refractivity contribution is -0.137. The topological polar surface area (TPSA) is 90.1 Å². The highest BCUT2D eigenvalue weighted by atomic mass is 79.9. The molecule has 0 aromatic carbocycles. The number of carboxylic acid groups (broad SMARTS) is 1. The van der Waals surface area contributed by atoms with Gasteiger partial charge in [0.25, 0.3) is 0 Å². The average Bonchev–Trinajstić information content (AvgIpc) is 2.75. The van der Waals surface area contributed by atoms with Crippen LogP contribution in [0.25, 0.3) is 0 Å². The predicted octanol–water partition coefficient (Wildman–Crippen LogP) is 1.10. The average molecular weight is 313 g/mol. The standard InChI is InChI=1S/C10H9BrN4O3/c11-9-2-1-8(3-12-9)18-6-7-4-15(14-13-7)5-10(16)17/h1-4H,5-6H2,(H,16,17). The lowest BCUT2D eigenvalue weighted by Gasteiger charge is -2.02. The lowest BCUT2D eigenvalue weighted by Crippen LogP contribution is -2.08. The first kappa shape index (κ1) is 12.5. The fourth-order valence-electron chi connectivity index (χ4n) is 1.23. The highest BCUT2D eigenvalue weighted by molar-refractivity contribution is 9.10. The fourth-order valence-corrected chi connectivity index (χ4v) is 1.46. The van der Waals surface area contributed by atoms with Crippen LogP contribution in [0, 0.1) is 0 Å². The smallest absolute Gasteiger partial charge is 0.325 e. The number of nitrogens with zero attached hydrogens (tertiary/aromatic N) is 4. The summed E-state index contributed by atoms with van der Waals surface area (Å²) < 4.78 is 7.38. The maximum absolute atomic E-state index is 10.5. The molecule has 0 saturated heterocycles. The Morgan fingerprint density at radius 2 is 2.33 bits per heavy atom. The van der Waals surface area contributed by atoms with Gasteiger partial charge in [-0.15, -0.1) is 5.10 Å². The molecule has 0 radical (unpaired) electrons. The Bertz CT molecular complexity index is 540. The number of halogens is 1. The molecule has 0 unspecified atom stereocenters. The van der Waals surface area contributed by atoms with E-state index in [1.807, 2.05) is 0 Å². The summed E-state index contributed by atoms with van der Waals surface area (Å²) in [7, 11) is 0. The van der Waals surface area contributed by atoms with Gasteiger partial charge in [0, 0.05) is 0 Å². The summed E-state index contributed by atoms with van der Waals surface area (Å²) in [4.78, 5) is 14.5. The second-order valence-corrected chi connectivity index (χ2v) is 4.22. The normalized spacial score (nSPS) is 10.3. The molecule has 0 aliphatic heterocycles. The molecule has 94 valence electrons. The van der Waals surface area contributed by atoms with Gasteiger partial charge >= 0.3 is 5.97 Å². The number of pyridine rings is 1. The minimum Gasteiger partial charge on any atom is -0.486 e. The molecule has 18 heavy (non-hydrogen) atoms. The van der Waals surface area contributed by atoms with Crippen LogP contribution < -0.4 is 4.74 Å². The predicted molar refractivity (Wildman–Crippen MR) is 63.9 cm³/mol. The van der Waals surface area contributed by atoms with Gasteiger partial charge in [0.15, 0.2) is 0 Å². The van der Waals surface area contributed by atoms with E-state index < -0.39 is 5.97 Å². The number of hydrogen-bond donors (Lipinski definition) is 1. The largest absolute Gasteiger partial charge is 0.486 e. The van der Waals surface area contributed by atoms with Crippen LogP contribution in [-0.2, 0) is 17.9 Å². The van der Waals surface area contributed by atoms with Gasteiger partial charge in [-0.25, -0.2) is 9.67 Å². The van der Waals surface area contributed by atoms with Crippen molar-refractivity contribution in [1.82, 2.24) is 20.0 Å². The number of rotatable bonds is 5. The summed E-state index contributed by atoms with van der Waals surface area (Å²) in [6, 6.07) is 3.52. The molecule has 7 nitrogen and oxygen atoms in total. The van der Waals surface area contributed by atoms with E-state index in [0.29, 0.717) is 11.4 Å². The quantitative estimate of drug-likeness (QED) is 0.831. The van der Waals surface area contributed by atoms with E-state index in [4.69, 9.17) is 9.84 Å². The summed E-state index contributed by atoms with van der Waals surface area (Å²) in [6.07, 6.45) is 3.10. The Labute approximate surface area is 111 Å². The van der Waals surface area contributed by atoms with Crippen LogP contribution in [0.2, 0.25) is 0 Å². The molecule has 1 N–H and O–H groups in total. The molecule has 0 saturated carbocycles. The molecule has 0 aliphatic rings. The molecule has 2 aromatic rings. The minimum atomic E-state index is -0.968. The van der Waals surface area contributed by atoms with Crippen molar-refractivity contribution in [3.05, 3.63) is 34.8 Å². The molecule has 0 atom stereocenters. The molecule has 0 aliphatic carbocycles. The van der Waals surface area contributed by atoms with Crippen molar-refractivity contribution in [2.75, 3.05) is 0 Å². The molecule has 8 heteroatoms. The molecule has 2 rings (SSSR count). The number of carboxylic acids is 1. The molecule has 0 bridgehead atoms. The van der Waals surface area contributed by atoms with E-state index in [1.165, 1.54) is 10.9 Å². The summed E-state index contributed by atoms with van der Waals surface area (Å²) in [5.74, 6) is -0.365. The van der Waals surface area contributed by atoms with Crippen molar-refractivity contribution in [2.45, 2.75) is 13.2 Å². The minimum absolute atomic E-state index is 0.211. The zero-order chi connectivity index (χ0) is 13.0. The number of aliphatic carboxylic acids is 1. The zero-order valence-corrected chi connectivity index (χ0v) is 10.7. The number of aromatic nitrogens is 4. The summed E-state index contributed by atoms with van der Waals surface area (Å²) in [5.41, 5.74) is 0.555. The molecule has 0 spiro atoms. The van der Waals surface area contributed by atoms with Gasteiger partial charge in [0.1, 0.15) is 29.2 Å². The van der Waals surface area contributed by atoms with E-state index in [1.54, 1.807) is 18.3 Å². The van der Waals surface area contributed by atoms with Gasteiger partial charge in [0.2, 0.25) is 0 Å². The van der Waals surface area contributed by atoms with E-state index in [2.05, 4.69) is 31.2 Å². The zero-order valence-electron chi connectivity index (χ0n) is 9.15. The van der Waals surface area contributed by atoms with E-state index in [-0.39, 0.29) is 13.2 Å². The van der Waals surface area contributed by atoms with Crippen molar-refractivity contribution < 1.29 is 14.6 Å². The van der Waals surface area contributed by atoms with Gasteiger partial charge in [0.05, 0.1) is 12.4 Å². The molecule has 0 fully saturated rings. The first-order valence-electron chi connectivity index (χ1n) is 4.98. The van der Waals surface area contributed by atoms with Gasteiger partial charge in [-0.2, -0.15) is 0 Å². The van der Waals surface area contributed by atoms with Gasteiger partial charge in [-0.1, -0.05) is 5.21 Å². The second kappa shape index (κ2) is 5.58. The van der Waals surface area contributed by atoms with Gasteiger partial charge in [-0.05, 0) is 28.1 Å². The first-order chi connectivity index (χ1) is 8.63. The van der Waals surface area contributed by atoms with Gasteiger partial charge in [-0.3, -0.25) is 4.79 Å². The highest BCUT2D eigenvalue weighted by Crippen LogP contribution is 2.13. The van der Waals surface area contributed by atoms with Crippen LogP contribution in [0.3, 0.4) is 0 Å². The second-order valence-electron chi connectivity index (χ2n) is 3.41. The monoisotopic (exact) mass is 312 g/mol. The summed E-state index contributed by atoms with van der Waals surface area (Å²) in [6.45, 7) is -0.00420. The fraction of sp³-hybridized carbons (Fsp3) is 0.200. The van der Waals surface area contributed by atoms with E-state index in [9.17, 15) is 4.79 Å². The van der Waals surface area contributed by atoms with Crippen molar-refractivity contribution in [3.63, 3.8) is 0 Å². The van der Waals surface area contributed by atoms with Crippen molar-refractivity contribution in [3.8, 4) is 5.75 Å². The van der Waals surface area contributed by atoms with Crippen LogP contribution in [0.5, 0.6) is 5.75 Å². The maximum atomic E-state index is 10.5. The number of ether oxygens (including phenoxy) is 1. The molecular weight excluding hydrogens is 304 g/mol. The van der Waals surface area contributed by atoms with Crippen molar-refractivity contribution in [2.24, 2.45) is 0 Å². The van der Waals surface area contributed by atoms with Crippen LogP contribution in [-0.4, -0.2) is 31.1 Å². The van der Waals surface area contributed by atoms with Crippen molar-refractivity contribution >= 4 is 21.9 Å². The third-order valence-corrected chi connectivity index (χ3v) is 2.44. The molecular formula is C10H9BrN4O3. The Morgan fingerprint density at radius 1 is 1.50 bits per heavy atom. The van der Waals surface area contributed by atoms with E-state index in [0.717, 1.165) is 4.60 Å². The van der Waals surface area contributed by atoms with Crippen LogP contribution in [0.15, 0.2) is 29.1 Å². The number of carbonyl (C=O) groups is 1. The Kier molecular flexibility index (Phi) is 3.88. The van der Waals surface area contributed by atoms with Crippen LogP contribution in [0.1, 0.15) is 5.69 Å². The number of hydrogen-bond acceptors (Lipinski definition) is 5. The van der Waals surface area contributed by atoms with Crippen LogP contribution in [0.4, 0.5) is 0 Å². The third-order valence-electron chi connectivity index (χ3n) is 1.97. The van der Waals surface area contributed by atoms with E-state index >= 15 is 0 Å². The third kappa shape index (κ3) is 3.52. The van der Waals surface area contributed by atoms with Crippen LogP contribution >= 0.6 is 15.9 Å². The van der Waals surface area contributed by atoms with Crippen molar-refractivity contribution in [1.29, 1.82) is 0 Å². The molecule has 2 heterocycles.